The summed E-state index contributed by atoms with van der Waals surface area (Å²) >= 11 is 0. The highest BCUT2D eigenvalue weighted by molar-refractivity contribution is 5.31. The SMILES string of the molecule is CN1C[C@@H]2CN(N)C[C@]2(c2ccccc2)C1. The maximum Gasteiger partial charge on any atom is 0.0274 e. The second-order valence-corrected chi connectivity index (χ2v) is 5.35. The Morgan fingerprint density at radius 2 is 1.94 bits per heavy atom. The molecule has 0 radical (unpaired) electrons. The minimum atomic E-state index is 0.269. The van der Waals surface area contributed by atoms with Gasteiger partial charge in [0.25, 0.3) is 0 Å². The number of hydrazine groups is 1. The Hall–Kier alpha value is -0.900. The number of nitrogens with zero attached hydrogens (tertiary/aromatic N) is 2. The molecule has 2 aliphatic rings. The number of fused-ring (bicyclic) bond motifs is 1. The first-order valence-electron chi connectivity index (χ1n) is 5.94. The van der Waals surface area contributed by atoms with E-state index >= 15 is 0 Å². The third kappa shape index (κ3) is 1.39. The Kier molecular flexibility index (Phi) is 2.28. The van der Waals surface area contributed by atoms with Gasteiger partial charge in [0.15, 0.2) is 0 Å². The van der Waals surface area contributed by atoms with Crippen LogP contribution in [0, 0.1) is 5.92 Å². The zero-order chi connectivity index (χ0) is 11.2. The van der Waals surface area contributed by atoms with Gasteiger partial charge in [0, 0.05) is 31.6 Å². The van der Waals surface area contributed by atoms with Crippen molar-refractivity contribution >= 4 is 0 Å². The Balaban J connectivity index is 2.01. The number of hydrogen-bond acceptors (Lipinski definition) is 3. The van der Waals surface area contributed by atoms with Gasteiger partial charge in [0.05, 0.1) is 0 Å². The van der Waals surface area contributed by atoms with E-state index in [1.54, 1.807) is 0 Å². The summed E-state index contributed by atoms with van der Waals surface area (Å²) in [7, 11) is 2.21. The molecule has 0 bridgehead atoms. The molecule has 2 saturated heterocycles. The summed E-state index contributed by atoms with van der Waals surface area (Å²) in [5.74, 6) is 6.69. The standard InChI is InChI=1S/C13H19N3/c1-15-7-12-8-16(14)10-13(12,9-15)11-5-3-2-4-6-11/h2-6,12H,7-10,14H2,1H3/t12-,13+/m1/s1. The van der Waals surface area contributed by atoms with Crippen LogP contribution in [0.2, 0.25) is 0 Å². The van der Waals surface area contributed by atoms with Crippen LogP contribution in [-0.4, -0.2) is 43.1 Å². The van der Waals surface area contributed by atoms with Gasteiger partial charge in [-0.05, 0) is 18.5 Å². The Morgan fingerprint density at radius 1 is 1.19 bits per heavy atom. The van der Waals surface area contributed by atoms with Crippen LogP contribution in [-0.2, 0) is 5.41 Å². The van der Waals surface area contributed by atoms with Crippen LogP contribution in [0.15, 0.2) is 30.3 Å². The molecule has 2 fully saturated rings. The lowest BCUT2D eigenvalue weighted by Gasteiger charge is -2.29. The van der Waals surface area contributed by atoms with Crippen molar-refractivity contribution in [3.8, 4) is 0 Å². The number of nitrogens with two attached hydrogens (primary N) is 1. The van der Waals surface area contributed by atoms with E-state index < -0.39 is 0 Å². The molecule has 3 heteroatoms. The van der Waals surface area contributed by atoms with Crippen molar-refractivity contribution in [3.05, 3.63) is 35.9 Å². The third-order valence-corrected chi connectivity index (χ3v) is 4.15. The molecule has 2 heterocycles. The normalized spacial score (nSPS) is 35.5. The van der Waals surface area contributed by atoms with Gasteiger partial charge in [-0.25, -0.2) is 5.01 Å². The van der Waals surface area contributed by atoms with Gasteiger partial charge in [-0.15, -0.1) is 0 Å². The summed E-state index contributed by atoms with van der Waals surface area (Å²) in [5.41, 5.74) is 1.72. The van der Waals surface area contributed by atoms with E-state index in [2.05, 4.69) is 42.3 Å². The molecular weight excluding hydrogens is 198 g/mol. The van der Waals surface area contributed by atoms with Crippen molar-refractivity contribution in [2.75, 3.05) is 33.2 Å². The maximum atomic E-state index is 6.01. The molecule has 86 valence electrons. The van der Waals surface area contributed by atoms with Crippen LogP contribution in [0.4, 0.5) is 0 Å². The van der Waals surface area contributed by atoms with Crippen molar-refractivity contribution in [2.24, 2.45) is 11.8 Å². The molecule has 0 unspecified atom stereocenters. The fourth-order valence-corrected chi connectivity index (χ4v) is 3.54. The molecule has 0 aliphatic carbocycles. The zero-order valence-electron chi connectivity index (χ0n) is 9.76. The number of likely N-dealkylation sites (tertiary alicyclic amines) is 1. The summed E-state index contributed by atoms with van der Waals surface area (Å²) in [6.07, 6.45) is 0. The zero-order valence-corrected chi connectivity index (χ0v) is 9.76. The van der Waals surface area contributed by atoms with Crippen LogP contribution < -0.4 is 5.84 Å². The highest BCUT2D eigenvalue weighted by Crippen LogP contribution is 2.43. The Labute approximate surface area is 96.8 Å². The molecular formula is C13H19N3. The monoisotopic (exact) mass is 217 g/mol. The van der Waals surface area contributed by atoms with Crippen molar-refractivity contribution < 1.29 is 0 Å². The van der Waals surface area contributed by atoms with Crippen LogP contribution in [0.1, 0.15) is 5.56 Å². The minimum Gasteiger partial charge on any atom is -0.305 e. The summed E-state index contributed by atoms with van der Waals surface area (Å²) < 4.78 is 0. The summed E-state index contributed by atoms with van der Waals surface area (Å²) in [4.78, 5) is 2.44. The molecule has 1 aromatic carbocycles. The molecule has 2 N–H and O–H groups in total. The summed E-state index contributed by atoms with van der Waals surface area (Å²) in [6, 6.07) is 10.9. The molecule has 3 nitrogen and oxygen atoms in total. The number of rotatable bonds is 1. The Bertz CT molecular complexity index is 362. The molecule has 1 aromatic rings. The Morgan fingerprint density at radius 3 is 2.69 bits per heavy atom. The molecule has 0 aromatic heterocycles. The van der Waals surface area contributed by atoms with Crippen molar-refractivity contribution in [2.45, 2.75) is 5.41 Å². The van der Waals surface area contributed by atoms with Crippen LogP contribution >= 0.6 is 0 Å². The van der Waals surface area contributed by atoms with Gasteiger partial charge in [-0.3, -0.25) is 5.84 Å². The van der Waals surface area contributed by atoms with E-state index in [1.807, 2.05) is 5.01 Å². The second kappa shape index (κ2) is 3.55. The van der Waals surface area contributed by atoms with Gasteiger partial charge in [-0.1, -0.05) is 30.3 Å². The maximum absolute atomic E-state index is 6.01. The number of hydrogen-bond donors (Lipinski definition) is 1. The first-order valence-corrected chi connectivity index (χ1v) is 5.94. The first-order chi connectivity index (χ1) is 7.71. The predicted octanol–water partition coefficient (Wildman–Crippen LogP) is 0.675. The smallest absolute Gasteiger partial charge is 0.0274 e. The van der Waals surface area contributed by atoms with Crippen molar-refractivity contribution in [1.29, 1.82) is 0 Å². The van der Waals surface area contributed by atoms with E-state index in [1.165, 1.54) is 12.1 Å². The van der Waals surface area contributed by atoms with E-state index in [-0.39, 0.29) is 5.41 Å². The molecule has 3 rings (SSSR count). The molecule has 2 aliphatic heterocycles. The van der Waals surface area contributed by atoms with Gasteiger partial charge >= 0.3 is 0 Å². The van der Waals surface area contributed by atoms with E-state index in [0.717, 1.165) is 19.6 Å². The third-order valence-electron chi connectivity index (χ3n) is 4.15. The molecule has 0 amide bonds. The number of likely N-dealkylation sites (N-methyl/N-ethyl adjacent to an activating group) is 1. The average Bonchev–Trinajstić information content (AvgIpc) is 2.71. The van der Waals surface area contributed by atoms with Crippen LogP contribution in [0.25, 0.3) is 0 Å². The average molecular weight is 217 g/mol. The lowest BCUT2D eigenvalue weighted by Crippen LogP contribution is -2.39. The minimum absolute atomic E-state index is 0.269. The lowest BCUT2D eigenvalue weighted by molar-refractivity contribution is 0.275. The first kappa shape index (κ1) is 10.3. The van der Waals surface area contributed by atoms with Gasteiger partial charge < -0.3 is 4.90 Å². The molecule has 2 atom stereocenters. The highest BCUT2D eigenvalue weighted by atomic mass is 15.4. The second-order valence-electron chi connectivity index (χ2n) is 5.35. The van der Waals surface area contributed by atoms with Gasteiger partial charge in [0.2, 0.25) is 0 Å². The predicted molar refractivity (Wildman–Crippen MR) is 64.9 cm³/mol. The lowest BCUT2D eigenvalue weighted by atomic mass is 9.75. The van der Waals surface area contributed by atoms with E-state index in [4.69, 9.17) is 5.84 Å². The topological polar surface area (TPSA) is 32.5 Å². The molecule has 16 heavy (non-hydrogen) atoms. The summed E-state index contributed by atoms with van der Waals surface area (Å²) in [6.45, 7) is 4.32. The largest absolute Gasteiger partial charge is 0.305 e. The fourth-order valence-electron chi connectivity index (χ4n) is 3.54. The van der Waals surface area contributed by atoms with Crippen molar-refractivity contribution in [1.82, 2.24) is 9.91 Å². The summed E-state index contributed by atoms with van der Waals surface area (Å²) in [5, 5.41) is 1.99. The van der Waals surface area contributed by atoms with Crippen LogP contribution in [0.5, 0.6) is 0 Å². The van der Waals surface area contributed by atoms with Gasteiger partial charge in [-0.2, -0.15) is 0 Å². The van der Waals surface area contributed by atoms with Crippen molar-refractivity contribution in [3.63, 3.8) is 0 Å². The van der Waals surface area contributed by atoms with Crippen LogP contribution in [0.3, 0.4) is 0 Å². The van der Waals surface area contributed by atoms with E-state index in [0.29, 0.717) is 5.92 Å². The fraction of sp³-hybridized carbons (Fsp3) is 0.538. The quantitative estimate of drug-likeness (QED) is 0.702. The van der Waals surface area contributed by atoms with E-state index in [9.17, 15) is 0 Å². The highest BCUT2D eigenvalue weighted by Gasteiger charge is 2.51. The molecule has 0 spiro atoms. The number of benzene rings is 1. The molecule has 0 saturated carbocycles. The van der Waals surface area contributed by atoms with Gasteiger partial charge in [0.1, 0.15) is 0 Å².